The van der Waals surface area contributed by atoms with Crippen molar-refractivity contribution in [3.8, 4) is 11.5 Å². The largest absolute Gasteiger partial charge is 0.468 e. The normalized spacial score (nSPS) is 13.7. The third-order valence-corrected chi connectivity index (χ3v) is 8.49. The van der Waals surface area contributed by atoms with E-state index in [1.165, 1.54) is 12.1 Å². The summed E-state index contributed by atoms with van der Waals surface area (Å²) in [6.07, 6.45) is 1.66. The van der Waals surface area contributed by atoms with Gasteiger partial charge in [0.2, 0.25) is 0 Å². The van der Waals surface area contributed by atoms with E-state index < -0.39 is 21.7 Å². The van der Waals surface area contributed by atoms with Gasteiger partial charge in [-0.05, 0) is 62.4 Å². The van der Waals surface area contributed by atoms with Crippen LogP contribution in [0.3, 0.4) is 0 Å². The van der Waals surface area contributed by atoms with Crippen molar-refractivity contribution in [2.24, 2.45) is 16.5 Å². The van der Waals surface area contributed by atoms with Crippen LogP contribution in [-0.2, 0) is 22.1 Å². The Labute approximate surface area is 233 Å². The van der Waals surface area contributed by atoms with E-state index in [-0.39, 0.29) is 27.7 Å². The molecule has 10 nitrogen and oxygen atoms in total. The van der Waals surface area contributed by atoms with Crippen molar-refractivity contribution in [2.45, 2.75) is 38.0 Å². The van der Waals surface area contributed by atoms with Gasteiger partial charge in [0.1, 0.15) is 22.2 Å². The fourth-order valence-electron chi connectivity index (χ4n) is 4.54. The molecule has 3 aromatic rings. The first kappa shape index (κ1) is 28.5. The molecule has 208 valence electrons. The SMILES string of the molecule is CCN(CCN(CC)c1cc(Cl)c2c(c1)CS(=O)(=O)c1cc(C(=O)N=C(N)N)cc(C)c1O2)Cc1ccco1. The maximum absolute atomic E-state index is 13.5. The van der Waals surface area contributed by atoms with E-state index in [0.717, 1.165) is 24.5 Å². The third-order valence-electron chi connectivity index (χ3n) is 6.55. The van der Waals surface area contributed by atoms with Crippen molar-refractivity contribution in [1.29, 1.82) is 0 Å². The number of hydrogen-bond acceptors (Lipinski definition) is 7. The highest BCUT2D eigenvalue weighted by Gasteiger charge is 2.31. The van der Waals surface area contributed by atoms with Crippen LogP contribution in [0.25, 0.3) is 0 Å². The van der Waals surface area contributed by atoms with Gasteiger partial charge in [0.15, 0.2) is 15.8 Å². The topological polar surface area (TPSA) is 144 Å². The van der Waals surface area contributed by atoms with Gasteiger partial charge in [0.05, 0.1) is 23.6 Å². The van der Waals surface area contributed by atoms with Gasteiger partial charge in [-0.1, -0.05) is 18.5 Å². The Morgan fingerprint density at radius 2 is 1.87 bits per heavy atom. The van der Waals surface area contributed by atoms with Crippen LogP contribution in [0.4, 0.5) is 5.69 Å². The molecule has 12 heteroatoms. The van der Waals surface area contributed by atoms with Crippen molar-refractivity contribution in [1.82, 2.24) is 4.90 Å². The van der Waals surface area contributed by atoms with Crippen LogP contribution < -0.4 is 21.1 Å². The summed E-state index contributed by atoms with van der Waals surface area (Å²) in [6.45, 7) is 9.48. The summed E-state index contributed by atoms with van der Waals surface area (Å²) in [4.78, 5) is 20.2. The Balaban J connectivity index is 1.64. The zero-order valence-electron chi connectivity index (χ0n) is 22.1. The summed E-state index contributed by atoms with van der Waals surface area (Å²) in [5, 5.41) is 0.298. The van der Waals surface area contributed by atoms with E-state index >= 15 is 0 Å². The minimum Gasteiger partial charge on any atom is -0.468 e. The molecule has 1 aliphatic heterocycles. The molecule has 1 aliphatic rings. The van der Waals surface area contributed by atoms with Crippen LogP contribution in [0, 0.1) is 6.92 Å². The number of nitrogens with zero attached hydrogens (tertiary/aromatic N) is 3. The molecule has 1 amide bonds. The lowest BCUT2D eigenvalue weighted by molar-refractivity contribution is 0.100. The Hall–Kier alpha value is -3.54. The number of furan rings is 1. The first-order chi connectivity index (χ1) is 18.5. The summed E-state index contributed by atoms with van der Waals surface area (Å²) in [6, 6.07) is 10.1. The first-order valence-electron chi connectivity index (χ1n) is 12.5. The molecule has 2 heterocycles. The summed E-state index contributed by atoms with van der Waals surface area (Å²) in [7, 11) is -3.91. The number of aryl methyl sites for hydroxylation is 1. The number of anilines is 1. The standard InChI is InChI=1S/C27H32ClN5O5S/c1-4-32(15-21-7-6-10-37-21)8-9-33(5-2)20-12-19-16-39(35,36)23-13-18(26(34)31-27(29)30)11-17(3)24(23)38-25(19)22(28)14-20/h6-7,10-14H,4-5,8-9,15-16H2,1-3H3,(H4,29,30,31,34). The zero-order valence-corrected chi connectivity index (χ0v) is 23.7. The van der Waals surface area contributed by atoms with Crippen molar-refractivity contribution < 1.29 is 22.4 Å². The summed E-state index contributed by atoms with van der Waals surface area (Å²) < 4.78 is 38.6. The zero-order chi connectivity index (χ0) is 28.3. The average molecular weight is 574 g/mol. The molecule has 0 bridgehead atoms. The molecule has 4 rings (SSSR count). The number of benzene rings is 2. The van der Waals surface area contributed by atoms with Crippen LogP contribution >= 0.6 is 11.6 Å². The monoisotopic (exact) mass is 573 g/mol. The molecule has 1 aromatic heterocycles. The molecular weight excluding hydrogens is 542 g/mol. The minimum absolute atomic E-state index is 0.0387. The van der Waals surface area contributed by atoms with Gasteiger partial charge in [-0.25, -0.2) is 8.42 Å². The highest BCUT2D eigenvalue weighted by atomic mass is 35.5. The Kier molecular flexibility index (Phi) is 8.53. The number of halogens is 1. The molecule has 0 unspecified atom stereocenters. The number of amides is 1. The number of carbonyl (C=O) groups is 1. The summed E-state index contributed by atoms with van der Waals surface area (Å²) in [5.41, 5.74) is 12.3. The van der Waals surface area contributed by atoms with Crippen LogP contribution in [0.2, 0.25) is 5.02 Å². The van der Waals surface area contributed by atoms with Crippen LogP contribution in [-0.4, -0.2) is 51.4 Å². The molecule has 4 N–H and O–H groups in total. The summed E-state index contributed by atoms with van der Waals surface area (Å²) in [5.74, 6) is -0.216. The highest BCUT2D eigenvalue weighted by molar-refractivity contribution is 7.90. The quantitative estimate of drug-likeness (QED) is 0.285. The second-order valence-corrected chi connectivity index (χ2v) is 11.6. The number of nitrogens with two attached hydrogens (primary N) is 2. The van der Waals surface area contributed by atoms with Gasteiger partial charge in [0.25, 0.3) is 5.91 Å². The number of aliphatic imine (C=N–C) groups is 1. The van der Waals surface area contributed by atoms with Gasteiger partial charge >= 0.3 is 0 Å². The average Bonchev–Trinajstić information content (AvgIpc) is 3.34. The fourth-order valence-corrected chi connectivity index (χ4v) is 6.38. The number of carbonyl (C=O) groups excluding carboxylic acids is 1. The third kappa shape index (κ3) is 6.38. The number of rotatable bonds is 9. The van der Waals surface area contributed by atoms with E-state index in [1.807, 2.05) is 19.1 Å². The predicted molar refractivity (Wildman–Crippen MR) is 151 cm³/mol. The Morgan fingerprint density at radius 3 is 2.51 bits per heavy atom. The van der Waals surface area contributed by atoms with Crippen LogP contribution in [0.1, 0.15) is 41.1 Å². The number of fused-ring (bicyclic) bond motifs is 2. The minimum atomic E-state index is -3.91. The number of hydrogen-bond donors (Lipinski definition) is 2. The maximum Gasteiger partial charge on any atom is 0.280 e. The summed E-state index contributed by atoms with van der Waals surface area (Å²) >= 11 is 6.69. The van der Waals surface area contributed by atoms with E-state index in [1.54, 1.807) is 25.3 Å². The van der Waals surface area contributed by atoms with Crippen LogP contribution in [0.15, 0.2) is 57.0 Å². The van der Waals surface area contributed by atoms with Crippen LogP contribution in [0.5, 0.6) is 11.5 Å². The molecular formula is C27H32ClN5O5S. The second-order valence-electron chi connectivity index (χ2n) is 9.27. The number of likely N-dealkylation sites (N-methyl/N-ethyl adjacent to an activating group) is 2. The molecule has 0 saturated heterocycles. The number of ether oxygens (including phenoxy) is 1. The van der Waals surface area contributed by atoms with Crippen molar-refractivity contribution >= 4 is 39.0 Å². The molecule has 0 aliphatic carbocycles. The Morgan fingerprint density at radius 1 is 1.10 bits per heavy atom. The lowest BCUT2D eigenvalue weighted by Gasteiger charge is -2.28. The molecule has 0 fully saturated rings. The highest BCUT2D eigenvalue weighted by Crippen LogP contribution is 2.45. The number of sulfone groups is 1. The van der Waals surface area contributed by atoms with E-state index in [9.17, 15) is 13.2 Å². The van der Waals surface area contributed by atoms with Crippen molar-refractivity contribution in [3.05, 3.63) is 70.1 Å². The van der Waals surface area contributed by atoms with E-state index in [4.69, 9.17) is 32.2 Å². The van der Waals surface area contributed by atoms with Gasteiger partial charge in [-0.2, -0.15) is 4.99 Å². The fraction of sp³-hybridized carbons (Fsp3) is 0.333. The smallest absolute Gasteiger partial charge is 0.280 e. The molecule has 0 radical (unpaired) electrons. The van der Waals surface area contributed by atoms with Gasteiger partial charge in [-0.3, -0.25) is 9.69 Å². The number of guanidine groups is 1. The Bertz CT molecular complexity index is 1500. The molecule has 2 aromatic carbocycles. The van der Waals surface area contributed by atoms with E-state index in [2.05, 4.69) is 21.7 Å². The molecule has 39 heavy (non-hydrogen) atoms. The molecule has 0 spiro atoms. The van der Waals surface area contributed by atoms with E-state index in [0.29, 0.717) is 35.8 Å². The lowest BCUT2D eigenvalue weighted by Crippen LogP contribution is -2.35. The van der Waals surface area contributed by atoms with Gasteiger partial charge in [0, 0.05) is 36.4 Å². The van der Waals surface area contributed by atoms with Gasteiger partial charge in [-0.15, -0.1) is 0 Å². The lowest BCUT2D eigenvalue weighted by atomic mass is 10.1. The predicted octanol–water partition coefficient (Wildman–Crippen LogP) is 4.08. The molecule has 0 atom stereocenters. The maximum atomic E-state index is 13.5. The second kappa shape index (κ2) is 11.7. The van der Waals surface area contributed by atoms with Crippen molar-refractivity contribution in [2.75, 3.05) is 31.1 Å². The first-order valence-corrected chi connectivity index (χ1v) is 14.6. The van der Waals surface area contributed by atoms with Crippen molar-refractivity contribution in [3.63, 3.8) is 0 Å². The molecule has 0 saturated carbocycles. The van der Waals surface area contributed by atoms with Gasteiger partial charge < -0.3 is 25.5 Å².